The number of hydrogen-bond acceptors (Lipinski definition) is 5. The number of nitrogens with zero attached hydrogens (tertiary/aromatic N) is 3. The molecule has 26 heavy (non-hydrogen) atoms. The molecule has 0 spiro atoms. The summed E-state index contributed by atoms with van der Waals surface area (Å²) >= 11 is 0. The number of nitrogens with two attached hydrogens (primary N) is 2. The second-order valence-electron chi connectivity index (χ2n) is 5.71. The van der Waals surface area contributed by atoms with Gasteiger partial charge < -0.3 is 16.4 Å². The molecule has 0 fully saturated rings. The molecule has 0 aliphatic rings. The van der Waals surface area contributed by atoms with Crippen LogP contribution in [-0.2, 0) is 16.3 Å². The van der Waals surface area contributed by atoms with Crippen LogP contribution in [0.3, 0.4) is 0 Å². The Labute approximate surface area is 152 Å². The zero-order valence-electron chi connectivity index (χ0n) is 14.8. The average Bonchev–Trinajstić information content (AvgIpc) is 2.59. The molecule has 1 heterocycles. The normalized spacial score (nSPS) is 11.0. The Morgan fingerprint density at radius 2 is 1.85 bits per heavy atom. The van der Waals surface area contributed by atoms with Crippen molar-refractivity contribution < 1.29 is 13.2 Å². The number of aromatic nitrogens is 1. The Morgan fingerprint density at radius 3 is 2.35 bits per heavy atom. The fourth-order valence-electron chi connectivity index (χ4n) is 2.55. The van der Waals surface area contributed by atoms with E-state index in [0.717, 1.165) is 11.9 Å². The molecule has 0 atom stereocenters. The van der Waals surface area contributed by atoms with Gasteiger partial charge in [-0.1, -0.05) is 6.92 Å². The molecular weight excluding hydrogens is 354 g/mol. The van der Waals surface area contributed by atoms with Crippen molar-refractivity contribution in [3.8, 4) is 0 Å². The minimum atomic E-state index is -3.62. The molecule has 2 rings (SSSR count). The second kappa shape index (κ2) is 7.52. The summed E-state index contributed by atoms with van der Waals surface area (Å²) in [7, 11) is -1.87. The number of sulfone groups is 1. The SMILES string of the molecule is CCc1cc(N(C)c2ccncc2)c(S(C)(=O)=O)cc1C(=O)N=C(N)N. The van der Waals surface area contributed by atoms with Gasteiger partial charge in [-0.05, 0) is 36.2 Å². The molecule has 138 valence electrons. The number of aryl methyl sites for hydroxylation is 1. The van der Waals surface area contributed by atoms with Gasteiger partial charge in [0.1, 0.15) is 0 Å². The largest absolute Gasteiger partial charge is 0.370 e. The molecule has 4 N–H and O–H groups in total. The van der Waals surface area contributed by atoms with Crippen molar-refractivity contribution in [2.75, 3.05) is 18.2 Å². The number of hydrogen-bond donors (Lipinski definition) is 2. The Kier molecular flexibility index (Phi) is 5.61. The van der Waals surface area contributed by atoms with Gasteiger partial charge in [0.2, 0.25) is 0 Å². The van der Waals surface area contributed by atoms with Crippen LogP contribution in [0.4, 0.5) is 11.4 Å². The summed E-state index contributed by atoms with van der Waals surface area (Å²) in [6, 6.07) is 6.52. The molecule has 1 aromatic heterocycles. The highest BCUT2D eigenvalue weighted by molar-refractivity contribution is 7.90. The van der Waals surface area contributed by atoms with Crippen molar-refractivity contribution in [2.24, 2.45) is 16.5 Å². The first-order chi connectivity index (χ1) is 12.1. The molecule has 0 aliphatic carbocycles. The van der Waals surface area contributed by atoms with Crippen molar-refractivity contribution in [3.63, 3.8) is 0 Å². The fourth-order valence-corrected chi connectivity index (χ4v) is 3.45. The van der Waals surface area contributed by atoms with Crippen LogP contribution in [0.5, 0.6) is 0 Å². The topological polar surface area (TPSA) is 132 Å². The van der Waals surface area contributed by atoms with E-state index in [4.69, 9.17) is 11.5 Å². The Hall–Kier alpha value is -2.94. The summed E-state index contributed by atoms with van der Waals surface area (Å²) in [5, 5.41) is 0. The zero-order valence-corrected chi connectivity index (χ0v) is 15.6. The van der Waals surface area contributed by atoms with Crippen LogP contribution >= 0.6 is 0 Å². The smallest absolute Gasteiger partial charge is 0.280 e. The monoisotopic (exact) mass is 375 g/mol. The Bertz CT molecular complexity index is 952. The number of rotatable bonds is 5. The van der Waals surface area contributed by atoms with E-state index in [1.807, 2.05) is 6.92 Å². The summed E-state index contributed by atoms with van der Waals surface area (Å²) < 4.78 is 24.7. The average molecular weight is 375 g/mol. The lowest BCUT2D eigenvalue weighted by Crippen LogP contribution is -2.24. The Balaban J connectivity index is 2.73. The number of benzene rings is 1. The first-order valence-corrected chi connectivity index (χ1v) is 9.69. The van der Waals surface area contributed by atoms with E-state index < -0.39 is 15.7 Å². The van der Waals surface area contributed by atoms with Crippen LogP contribution < -0.4 is 16.4 Å². The maximum absolute atomic E-state index is 12.4. The van der Waals surface area contributed by atoms with Crippen molar-refractivity contribution >= 4 is 33.1 Å². The van der Waals surface area contributed by atoms with E-state index in [1.165, 1.54) is 6.07 Å². The van der Waals surface area contributed by atoms with Crippen LogP contribution in [0.2, 0.25) is 0 Å². The lowest BCUT2D eigenvalue weighted by atomic mass is 10.0. The lowest BCUT2D eigenvalue weighted by Gasteiger charge is -2.23. The Morgan fingerprint density at radius 1 is 1.23 bits per heavy atom. The summed E-state index contributed by atoms with van der Waals surface area (Å²) in [6.07, 6.45) is 4.82. The highest BCUT2D eigenvalue weighted by atomic mass is 32.2. The van der Waals surface area contributed by atoms with Gasteiger partial charge in [0.25, 0.3) is 5.91 Å². The molecule has 0 aliphatic heterocycles. The molecule has 9 heteroatoms. The van der Waals surface area contributed by atoms with E-state index in [9.17, 15) is 13.2 Å². The standard InChI is InChI=1S/C17H21N5O3S/c1-4-11-9-14(22(2)12-5-7-20-8-6-12)15(26(3,24)25)10-13(11)16(23)21-17(18)19/h5-10H,4H2,1-3H3,(H4,18,19,21,23). The molecule has 1 amide bonds. The molecule has 0 saturated carbocycles. The number of aliphatic imine (C=N–C) groups is 1. The highest BCUT2D eigenvalue weighted by Gasteiger charge is 2.22. The first-order valence-electron chi connectivity index (χ1n) is 7.79. The number of carbonyl (C=O) groups excluding carboxylic acids is 1. The minimum absolute atomic E-state index is 0.0168. The quantitative estimate of drug-likeness (QED) is 0.593. The summed E-state index contributed by atoms with van der Waals surface area (Å²) in [4.78, 5) is 21.5. The third-order valence-corrected chi connectivity index (χ3v) is 4.96. The third-order valence-electron chi connectivity index (χ3n) is 3.84. The minimum Gasteiger partial charge on any atom is -0.370 e. The van der Waals surface area contributed by atoms with Gasteiger partial charge >= 0.3 is 0 Å². The van der Waals surface area contributed by atoms with Gasteiger partial charge in [-0.25, -0.2) is 8.42 Å². The van der Waals surface area contributed by atoms with Gasteiger partial charge in [0.15, 0.2) is 15.8 Å². The highest BCUT2D eigenvalue weighted by Crippen LogP contribution is 2.33. The summed E-state index contributed by atoms with van der Waals surface area (Å²) in [5.41, 5.74) is 12.6. The molecular formula is C17H21N5O3S. The van der Waals surface area contributed by atoms with Crippen LogP contribution in [0.15, 0.2) is 46.5 Å². The predicted octanol–water partition coefficient (Wildman–Crippen LogP) is 1.23. The van der Waals surface area contributed by atoms with Crippen molar-refractivity contribution in [3.05, 3.63) is 47.8 Å². The molecule has 8 nitrogen and oxygen atoms in total. The van der Waals surface area contributed by atoms with Crippen LogP contribution in [0, 0.1) is 0 Å². The summed E-state index contributed by atoms with van der Waals surface area (Å²) in [6.45, 7) is 1.86. The van der Waals surface area contributed by atoms with Crippen molar-refractivity contribution in [1.29, 1.82) is 0 Å². The van der Waals surface area contributed by atoms with Gasteiger partial charge in [0.05, 0.1) is 10.6 Å². The maximum atomic E-state index is 12.4. The number of amides is 1. The van der Waals surface area contributed by atoms with Gasteiger partial charge in [0, 0.05) is 36.9 Å². The van der Waals surface area contributed by atoms with Crippen LogP contribution in [0.1, 0.15) is 22.8 Å². The maximum Gasteiger partial charge on any atom is 0.280 e. The van der Waals surface area contributed by atoms with E-state index in [-0.39, 0.29) is 16.4 Å². The number of carbonyl (C=O) groups is 1. The second-order valence-corrected chi connectivity index (χ2v) is 7.69. The first kappa shape index (κ1) is 19.4. The van der Waals surface area contributed by atoms with Crippen molar-refractivity contribution in [1.82, 2.24) is 4.98 Å². The van der Waals surface area contributed by atoms with Gasteiger partial charge in [-0.2, -0.15) is 4.99 Å². The van der Waals surface area contributed by atoms with Crippen LogP contribution in [-0.4, -0.2) is 38.6 Å². The fraction of sp³-hybridized carbons (Fsp3) is 0.235. The van der Waals surface area contributed by atoms with E-state index in [2.05, 4.69) is 9.98 Å². The van der Waals surface area contributed by atoms with E-state index in [1.54, 1.807) is 42.5 Å². The molecule has 0 radical (unpaired) electrons. The molecule has 0 bridgehead atoms. The van der Waals surface area contributed by atoms with Gasteiger partial charge in [-0.15, -0.1) is 0 Å². The summed E-state index contributed by atoms with van der Waals surface area (Å²) in [5.74, 6) is -1.05. The van der Waals surface area contributed by atoms with E-state index >= 15 is 0 Å². The predicted molar refractivity (Wildman–Crippen MR) is 101 cm³/mol. The van der Waals surface area contributed by atoms with Gasteiger partial charge in [-0.3, -0.25) is 9.78 Å². The number of anilines is 2. The zero-order chi connectivity index (χ0) is 19.5. The molecule has 0 unspecified atom stereocenters. The molecule has 1 aromatic carbocycles. The molecule has 0 saturated heterocycles. The number of pyridine rings is 1. The lowest BCUT2D eigenvalue weighted by molar-refractivity contribution is 0.100. The number of guanidine groups is 1. The van der Waals surface area contributed by atoms with Crippen LogP contribution in [0.25, 0.3) is 0 Å². The third kappa shape index (κ3) is 4.17. The molecule has 2 aromatic rings. The van der Waals surface area contributed by atoms with Crippen molar-refractivity contribution in [2.45, 2.75) is 18.2 Å². The van der Waals surface area contributed by atoms with E-state index in [0.29, 0.717) is 17.7 Å².